The van der Waals surface area contributed by atoms with Gasteiger partial charge in [0.05, 0.1) is 11.0 Å². The highest BCUT2D eigenvalue weighted by molar-refractivity contribution is 7.89. The molecule has 0 fully saturated rings. The summed E-state index contributed by atoms with van der Waals surface area (Å²) in [6.07, 6.45) is -1.33. The van der Waals surface area contributed by atoms with E-state index in [0.717, 1.165) is 0 Å². The van der Waals surface area contributed by atoms with E-state index in [0.29, 0.717) is 0 Å². The van der Waals surface area contributed by atoms with Crippen LogP contribution in [0.25, 0.3) is 0 Å². The minimum Gasteiger partial charge on any atom is -0.480 e. The van der Waals surface area contributed by atoms with Gasteiger partial charge in [0.1, 0.15) is 6.04 Å². The maximum absolute atomic E-state index is 11.8. The van der Waals surface area contributed by atoms with Crippen LogP contribution < -0.4 is 4.72 Å². The first kappa shape index (κ1) is 13.6. The van der Waals surface area contributed by atoms with Gasteiger partial charge in [-0.05, 0) is 19.1 Å². The van der Waals surface area contributed by atoms with Gasteiger partial charge >= 0.3 is 5.97 Å². The Balaban J connectivity index is 2.97. The molecule has 3 N–H and O–H groups in total. The standard InChI is InChI=1S/C10H13NO5S/c1-7(12)9(10(13)14)11-17(15,16)8-5-3-2-4-6-8/h2-7,9,11-12H,1H3,(H,13,14)/t7-,9+/m1/s1. The van der Waals surface area contributed by atoms with Crippen molar-refractivity contribution in [3.05, 3.63) is 30.3 Å². The number of aliphatic hydroxyl groups excluding tert-OH is 1. The molecular formula is C10H13NO5S. The molecule has 0 aliphatic heterocycles. The molecule has 0 unspecified atom stereocenters. The summed E-state index contributed by atoms with van der Waals surface area (Å²) < 4.78 is 25.5. The lowest BCUT2D eigenvalue weighted by Crippen LogP contribution is -2.47. The number of nitrogens with one attached hydrogen (secondary N) is 1. The molecule has 1 aromatic rings. The number of benzene rings is 1. The molecule has 0 aromatic heterocycles. The van der Waals surface area contributed by atoms with Gasteiger partial charge in [-0.25, -0.2) is 8.42 Å². The van der Waals surface area contributed by atoms with E-state index in [2.05, 4.69) is 0 Å². The van der Waals surface area contributed by atoms with Crippen LogP contribution in [0.4, 0.5) is 0 Å². The third-order valence-electron chi connectivity index (χ3n) is 2.08. The van der Waals surface area contributed by atoms with Crippen LogP contribution in [0.5, 0.6) is 0 Å². The molecule has 0 saturated carbocycles. The van der Waals surface area contributed by atoms with Crippen molar-refractivity contribution in [1.29, 1.82) is 0 Å². The highest BCUT2D eigenvalue weighted by Crippen LogP contribution is 2.09. The summed E-state index contributed by atoms with van der Waals surface area (Å²) in [5, 5.41) is 18.0. The van der Waals surface area contributed by atoms with E-state index in [1.54, 1.807) is 6.07 Å². The smallest absolute Gasteiger partial charge is 0.324 e. The zero-order chi connectivity index (χ0) is 13.1. The van der Waals surface area contributed by atoms with Gasteiger partial charge in [0.2, 0.25) is 10.0 Å². The van der Waals surface area contributed by atoms with Gasteiger partial charge in [-0.1, -0.05) is 18.2 Å². The first-order chi connectivity index (χ1) is 7.84. The van der Waals surface area contributed by atoms with Crippen molar-refractivity contribution in [2.45, 2.75) is 24.0 Å². The number of aliphatic hydroxyl groups is 1. The van der Waals surface area contributed by atoms with Crippen molar-refractivity contribution in [2.24, 2.45) is 0 Å². The summed E-state index contributed by atoms with van der Waals surface area (Å²) in [7, 11) is -3.94. The van der Waals surface area contributed by atoms with E-state index in [1.165, 1.54) is 31.2 Å². The number of hydrogen-bond donors (Lipinski definition) is 3. The van der Waals surface area contributed by atoms with E-state index < -0.39 is 28.1 Å². The lowest BCUT2D eigenvalue weighted by atomic mass is 10.2. The number of hydrogen-bond acceptors (Lipinski definition) is 4. The van der Waals surface area contributed by atoms with Crippen molar-refractivity contribution in [3.63, 3.8) is 0 Å². The molecule has 2 atom stereocenters. The molecule has 1 aromatic carbocycles. The van der Waals surface area contributed by atoms with Crippen LogP contribution in [0.15, 0.2) is 35.2 Å². The molecule has 0 aliphatic carbocycles. The minimum absolute atomic E-state index is 0.0492. The molecule has 0 bridgehead atoms. The number of carboxylic acid groups (broad SMARTS) is 1. The summed E-state index contributed by atoms with van der Waals surface area (Å²) in [5.41, 5.74) is 0. The molecule has 0 spiro atoms. The largest absolute Gasteiger partial charge is 0.480 e. The van der Waals surface area contributed by atoms with Crippen molar-refractivity contribution in [3.8, 4) is 0 Å². The summed E-state index contributed by atoms with van der Waals surface area (Å²) >= 11 is 0. The molecule has 0 amide bonds. The van der Waals surface area contributed by atoms with E-state index in [9.17, 15) is 18.3 Å². The maximum atomic E-state index is 11.8. The first-order valence-electron chi connectivity index (χ1n) is 4.83. The van der Waals surface area contributed by atoms with E-state index in [4.69, 9.17) is 5.11 Å². The predicted octanol–water partition coefficient (Wildman–Crippen LogP) is -0.201. The van der Waals surface area contributed by atoms with Crippen molar-refractivity contribution in [2.75, 3.05) is 0 Å². The second-order valence-corrected chi connectivity index (χ2v) is 5.20. The van der Waals surface area contributed by atoms with Crippen LogP contribution in [0, 0.1) is 0 Å². The Hall–Kier alpha value is -1.44. The lowest BCUT2D eigenvalue weighted by molar-refractivity contribution is -0.141. The van der Waals surface area contributed by atoms with Gasteiger partial charge in [-0.2, -0.15) is 4.72 Å². The van der Waals surface area contributed by atoms with Crippen molar-refractivity contribution >= 4 is 16.0 Å². The average molecular weight is 259 g/mol. The Morgan fingerprint density at radius 3 is 2.24 bits per heavy atom. The van der Waals surface area contributed by atoms with E-state index in [-0.39, 0.29) is 4.90 Å². The normalized spacial score (nSPS) is 15.2. The molecule has 7 heteroatoms. The van der Waals surface area contributed by atoms with Gasteiger partial charge < -0.3 is 10.2 Å². The molecule has 0 radical (unpaired) electrons. The third kappa shape index (κ3) is 3.52. The number of carbonyl (C=O) groups is 1. The number of rotatable bonds is 5. The van der Waals surface area contributed by atoms with E-state index >= 15 is 0 Å². The van der Waals surface area contributed by atoms with Crippen LogP contribution in [-0.2, 0) is 14.8 Å². The molecule has 1 rings (SSSR count). The fourth-order valence-electron chi connectivity index (χ4n) is 1.19. The molecule has 17 heavy (non-hydrogen) atoms. The highest BCUT2D eigenvalue weighted by Gasteiger charge is 2.28. The fraction of sp³-hybridized carbons (Fsp3) is 0.300. The summed E-state index contributed by atoms with van der Waals surface area (Å²) in [5.74, 6) is -1.43. The topological polar surface area (TPSA) is 104 Å². The quantitative estimate of drug-likeness (QED) is 0.679. The highest BCUT2D eigenvalue weighted by atomic mass is 32.2. The van der Waals surface area contributed by atoms with Gasteiger partial charge in [-0.3, -0.25) is 4.79 Å². The molecule has 0 heterocycles. The van der Waals surface area contributed by atoms with Gasteiger partial charge in [0.25, 0.3) is 0 Å². The average Bonchev–Trinajstić information content (AvgIpc) is 2.26. The first-order valence-corrected chi connectivity index (χ1v) is 6.31. The number of aliphatic carboxylic acids is 1. The summed E-state index contributed by atoms with van der Waals surface area (Å²) in [6, 6.07) is 5.79. The SMILES string of the molecule is C[C@@H](O)[C@H](NS(=O)(=O)c1ccccc1)C(=O)O. The molecule has 0 saturated heterocycles. The Kier molecular flexibility index (Phi) is 4.22. The Morgan fingerprint density at radius 2 is 1.82 bits per heavy atom. The maximum Gasteiger partial charge on any atom is 0.324 e. The van der Waals surface area contributed by atoms with Gasteiger partial charge in [-0.15, -0.1) is 0 Å². The number of carboxylic acids is 1. The Labute approximate surface area is 99.0 Å². The van der Waals surface area contributed by atoms with Gasteiger partial charge in [0.15, 0.2) is 0 Å². The zero-order valence-electron chi connectivity index (χ0n) is 9.07. The monoisotopic (exact) mass is 259 g/mol. The molecule has 94 valence electrons. The predicted molar refractivity (Wildman–Crippen MR) is 59.9 cm³/mol. The van der Waals surface area contributed by atoms with Gasteiger partial charge in [0, 0.05) is 0 Å². The number of sulfonamides is 1. The van der Waals surface area contributed by atoms with Crippen LogP contribution in [0.1, 0.15) is 6.92 Å². The third-order valence-corrected chi connectivity index (χ3v) is 3.54. The minimum atomic E-state index is -3.94. The van der Waals surface area contributed by atoms with Crippen LogP contribution in [-0.4, -0.2) is 36.7 Å². The van der Waals surface area contributed by atoms with Crippen molar-refractivity contribution in [1.82, 2.24) is 4.72 Å². The van der Waals surface area contributed by atoms with Crippen molar-refractivity contribution < 1.29 is 23.4 Å². The Morgan fingerprint density at radius 1 is 1.29 bits per heavy atom. The summed E-state index contributed by atoms with van der Waals surface area (Å²) in [4.78, 5) is 10.7. The zero-order valence-corrected chi connectivity index (χ0v) is 9.89. The molecular weight excluding hydrogens is 246 g/mol. The van der Waals surface area contributed by atoms with Crippen LogP contribution in [0.2, 0.25) is 0 Å². The van der Waals surface area contributed by atoms with Crippen LogP contribution >= 0.6 is 0 Å². The Bertz CT molecular complexity index is 483. The molecule has 0 aliphatic rings. The second kappa shape index (κ2) is 5.26. The van der Waals surface area contributed by atoms with E-state index in [1.807, 2.05) is 4.72 Å². The lowest BCUT2D eigenvalue weighted by Gasteiger charge is -2.16. The second-order valence-electron chi connectivity index (χ2n) is 3.49. The fourth-order valence-corrected chi connectivity index (χ4v) is 2.47. The summed E-state index contributed by atoms with van der Waals surface area (Å²) in [6.45, 7) is 1.20. The molecule has 6 nitrogen and oxygen atoms in total. The van der Waals surface area contributed by atoms with Crippen LogP contribution in [0.3, 0.4) is 0 Å².